The van der Waals surface area contributed by atoms with E-state index in [1.165, 1.54) is 17.4 Å². The molecular weight excluding hydrogens is 312 g/mol. The molecule has 2 amide bonds. The van der Waals surface area contributed by atoms with E-state index in [0.717, 1.165) is 22.5 Å². The van der Waals surface area contributed by atoms with Crippen LogP contribution in [0.2, 0.25) is 0 Å². The van der Waals surface area contributed by atoms with Crippen molar-refractivity contribution in [2.45, 2.75) is 40.5 Å². The fraction of sp³-hybridized carbons (Fsp3) is 0.333. The molecule has 2 aromatic rings. The predicted molar refractivity (Wildman–Crippen MR) is 103 cm³/mol. The molecule has 0 atom stereocenters. The molecule has 1 N–H and O–H groups in total. The van der Waals surface area contributed by atoms with Crippen LogP contribution in [0.5, 0.6) is 0 Å². The Morgan fingerprint density at radius 1 is 1.00 bits per heavy atom. The minimum absolute atomic E-state index is 0.00699. The molecule has 2 rings (SSSR count). The fourth-order valence-electron chi connectivity index (χ4n) is 2.87. The summed E-state index contributed by atoms with van der Waals surface area (Å²) in [6, 6.07) is 13.6. The highest BCUT2D eigenvalue weighted by Crippen LogP contribution is 2.25. The van der Waals surface area contributed by atoms with E-state index in [4.69, 9.17) is 0 Å². The number of benzene rings is 2. The highest BCUT2D eigenvalue weighted by molar-refractivity contribution is 6.02. The monoisotopic (exact) mass is 338 g/mol. The van der Waals surface area contributed by atoms with Crippen LogP contribution < -0.4 is 10.2 Å². The zero-order chi connectivity index (χ0) is 18.6. The highest BCUT2D eigenvalue weighted by atomic mass is 16.2. The molecule has 0 heterocycles. The van der Waals surface area contributed by atoms with Gasteiger partial charge >= 0.3 is 0 Å². The van der Waals surface area contributed by atoms with Gasteiger partial charge in [-0.2, -0.15) is 0 Å². The third-order valence-corrected chi connectivity index (χ3v) is 4.25. The lowest BCUT2D eigenvalue weighted by Gasteiger charge is -2.24. The van der Waals surface area contributed by atoms with Crippen molar-refractivity contribution in [3.63, 3.8) is 0 Å². The van der Waals surface area contributed by atoms with Gasteiger partial charge in [0, 0.05) is 12.6 Å². The molecule has 2 aromatic carbocycles. The summed E-state index contributed by atoms with van der Waals surface area (Å²) in [4.78, 5) is 26.1. The maximum absolute atomic E-state index is 12.4. The third kappa shape index (κ3) is 4.69. The first kappa shape index (κ1) is 18.7. The molecule has 0 spiro atoms. The van der Waals surface area contributed by atoms with Gasteiger partial charge in [-0.25, -0.2) is 0 Å². The number of anilines is 2. The third-order valence-electron chi connectivity index (χ3n) is 4.25. The minimum atomic E-state index is -0.213. The number of nitrogens with one attached hydrogen (secondary N) is 1. The molecule has 0 aromatic heterocycles. The normalized spacial score (nSPS) is 10.6. The second kappa shape index (κ2) is 7.97. The topological polar surface area (TPSA) is 49.4 Å². The average Bonchev–Trinajstić information content (AvgIpc) is 2.54. The number of hydrogen-bond acceptors (Lipinski definition) is 2. The molecular formula is C21H26N2O2. The van der Waals surface area contributed by atoms with Crippen molar-refractivity contribution in [2.24, 2.45) is 0 Å². The Balaban J connectivity index is 2.14. The number of rotatable bonds is 5. The lowest BCUT2D eigenvalue weighted by molar-refractivity contribution is -0.120. The molecule has 0 unspecified atom stereocenters. The summed E-state index contributed by atoms with van der Waals surface area (Å²) in [6.07, 6.45) is 0. The van der Waals surface area contributed by atoms with Crippen LogP contribution >= 0.6 is 0 Å². The molecule has 0 bridgehead atoms. The van der Waals surface area contributed by atoms with Gasteiger partial charge in [0.25, 0.3) is 0 Å². The van der Waals surface area contributed by atoms with Gasteiger partial charge in [0.2, 0.25) is 11.8 Å². The second-order valence-corrected chi connectivity index (χ2v) is 6.67. The molecule has 0 fully saturated rings. The van der Waals surface area contributed by atoms with E-state index in [1.54, 1.807) is 0 Å². The smallest absolute Gasteiger partial charge is 0.244 e. The maximum Gasteiger partial charge on any atom is 0.244 e. The number of carbonyl (C=O) groups excluding carboxylic acids is 2. The number of carbonyl (C=O) groups is 2. The first-order valence-corrected chi connectivity index (χ1v) is 8.53. The lowest BCUT2D eigenvalue weighted by atomic mass is 10.0. The van der Waals surface area contributed by atoms with Gasteiger partial charge in [0.05, 0.1) is 5.69 Å². The Bertz CT molecular complexity index is 744. The summed E-state index contributed by atoms with van der Waals surface area (Å²) in [5.41, 5.74) is 4.71. The van der Waals surface area contributed by atoms with Crippen molar-refractivity contribution in [3.05, 3.63) is 59.2 Å². The van der Waals surface area contributed by atoms with E-state index < -0.39 is 0 Å². The second-order valence-electron chi connectivity index (χ2n) is 6.67. The molecule has 0 aliphatic carbocycles. The Hall–Kier alpha value is -2.62. The van der Waals surface area contributed by atoms with Crippen LogP contribution in [0, 0.1) is 13.8 Å². The standard InChI is InChI=1S/C21H26N2O2/c1-14(2)18-9-11-19(12-10-18)22-20(25)13-23(17(5)24)21-15(3)7-6-8-16(21)4/h6-12,14H,13H2,1-5H3,(H,22,25). The van der Waals surface area contributed by atoms with E-state index in [-0.39, 0.29) is 18.4 Å². The zero-order valence-electron chi connectivity index (χ0n) is 15.6. The molecule has 132 valence electrons. The van der Waals surface area contributed by atoms with Crippen molar-refractivity contribution < 1.29 is 9.59 Å². The van der Waals surface area contributed by atoms with Crippen molar-refractivity contribution in [2.75, 3.05) is 16.8 Å². The summed E-state index contributed by atoms with van der Waals surface area (Å²) in [7, 11) is 0. The molecule has 0 radical (unpaired) electrons. The summed E-state index contributed by atoms with van der Waals surface area (Å²) < 4.78 is 0. The summed E-state index contributed by atoms with van der Waals surface area (Å²) >= 11 is 0. The quantitative estimate of drug-likeness (QED) is 0.877. The zero-order valence-corrected chi connectivity index (χ0v) is 15.6. The van der Waals surface area contributed by atoms with E-state index in [0.29, 0.717) is 5.92 Å². The largest absolute Gasteiger partial charge is 0.325 e. The molecule has 0 aliphatic heterocycles. The summed E-state index contributed by atoms with van der Waals surface area (Å²) in [6.45, 7) is 9.62. The predicted octanol–water partition coefficient (Wildman–Crippen LogP) is 4.42. The molecule has 0 saturated heterocycles. The van der Waals surface area contributed by atoms with Crippen LogP contribution in [0.25, 0.3) is 0 Å². The van der Waals surface area contributed by atoms with E-state index in [2.05, 4.69) is 19.2 Å². The van der Waals surface area contributed by atoms with Gasteiger partial charge in [-0.1, -0.05) is 44.2 Å². The molecule has 4 heteroatoms. The number of hydrogen-bond donors (Lipinski definition) is 1. The SMILES string of the molecule is CC(=O)N(CC(=O)Nc1ccc(C(C)C)cc1)c1c(C)cccc1C. The van der Waals surface area contributed by atoms with E-state index in [1.807, 2.05) is 56.3 Å². The molecule has 25 heavy (non-hydrogen) atoms. The lowest BCUT2D eigenvalue weighted by Crippen LogP contribution is -2.37. The molecule has 0 saturated carbocycles. The Morgan fingerprint density at radius 3 is 2.04 bits per heavy atom. The number of amides is 2. The number of para-hydroxylation sites is 1. The van der Waals surface area contributed by atoms with Crippen LogP contribution in [0.3, 0.4) is 0 Å². The minimum Gasteiger partial charge on any atom is -0.325 e. The summed E-state index contributed by atoms with van der Waals surface area (Å²) in [5, 5.41) is 2.87. The Labute approximate surface area is 149 Å². The van der Waals surface area contributed by atoms with Crippen LogP contribution in [0.15, 0.2) is 42.5 Å². The van der Waals surface area contributed by atoms with Gasteiger partial charge in [-0.3, -0.25) is 9.59 Å². The van der Waals surface area contributed by atoms with Crippen molar-refractivity contribution >= 4 is 23.2 Å². The fourth-order valence-corrected chi connectivity index (χ4v) is 2.87. The van der Waals surface area contributed by atoms with Crippen molar-refractivity contribution in [3.8, 4) is 0 Å². The van der Waals surface area contributed by atoms with Crippen LogP contribution in [-0.2, 0) is 9.59 Å². The van der Waals surface area contributed by atoms with Gasteiger partial charge in [0.15, 0.2) is 0 Å². The Kier molecular flexibility index (Phi) is 5.97. The van der Waals surface area contributed by atoms with Crippen LogP contribution in [0.1, 0.15) is 43.4 Å². The van der Waals surface area contributed by atoms with Crippen molar-refractivity contribution in [1.82, 2.24) is 0 Å². The average molecular weight is 338 g/mol. The van der Waals surface area contributed by atoms with Gasteiger partial charge in [-0.05, 0) is 48.6 Å². The summed E-state index contributed by atoms with van der Waals surface area (Å²) in [5.74, 6) is 0.0832. The van der Waals surface area contributed by atoms with E-state index >= 15 is 0 Å². The highest BCUT2D eigenvalue weighted by Gasteiger charge is 2.19. The van der Waals surface area contributed by atoms with Crippen LogP contribution in [0.4, 0.5) is 11.4 Å². The van der Waals surface area contributed by atoms with Gasteiger partial charge in [0.1, 0.15) is 6.54 Å². The van der Waals surface area contributed by atoms with Crippen LogP contribution in [-0.4, -0.2) is 18.4 Å². The molecule has 0 aliphatic rings. The first-order chi connectivity index (χ1) is 11.8. The number of nitrogens with zero attached hydrogens (tertiary/aromatic N) is 1. The Morgan fingerprint density at radius 2 is 1.56 bits per heavy atom. The van der Waals surface area contributed by atoms with Crippen molar-refractivity contribution in [1.29, 1.82) is 0 Å². The maximum atomic E-state index is 12.4. The van der Waals surface area contributed by atoms with E-state index in [9.17, 15) is 9.59 Å². The van der Waals surface area contributed by atoms with Gasteiger partial charge < -0.3 is 10.2 Å². The number of aryl methyl sites for hydroxylation is 2. The molecule has 4 nitrogen and oxygen atoms in total. The van der Waals surface area contributed by atoms with Gasteiger partial charge in [-0.15, -0.1) is 0 Å². The first-order valence-electron chi connectivity index (χ1n) is 8.53.